The molecule has 0 fully saturated rings. The maximum Gasteiger partial charge on any atom is 0.305 e. The number of hydrogen-bond donors (Lipinski definition) is 3. The Kier molecular flexibility index (Phi) is 9.77. The maximum atomic E-state index is 13.8. The lowest BCUT2D eigenvalue weighted by molar-refractivity contribution is -0.139. The molecular weight excluding hydrogens is 489 g/mol. The number of nitrogens with zero attached hydrogens (tertiary/aromatic N) is 3. The molecule has 0 bridgehead atoms. The first-order chi connectivity index (χ1) is 18.0. The number of carboxylic acid groups (broad SMARTS) is 1. The lowest BCUT2D eigenvalue weighted by Gasteiger charge is -2.25. The highest BCUT2D eigenvalue weighted by atomic mass is 19.1. The summed E-state index contributed by atoms with van der Waals surface area (Å²) in [5.74, 6) is -1.89. The molecule has 0 unspecified atom stereocenters. The van der Waals surface area contributed by atoms with Gasteiger partial charge in [-0.05, 0) is 61.9 Å². The SMILES string of the molecule is CC(C)c1c(C(=O)N(C)[C@@H](C)c2ccccc2)nn(-c2ccc(F)cc2)c1CC[C@@H](O)C[C@@H](O)CC(=O)O. The van der Waals surface area contributed by atoms with Crippen LogP contribution in [0.5, 0.6) is 0 Å². The fourth-order valence-corrected chi connectivity index (χ4v) is 4.58. The molecule has 0 spiro atoms. The third-order valence-corrected chi connectivity index (χ3v) is 6.72. The zero-order chi connectivity index (χ0) is 28.0. The number of aliphatic hydroxyl groups is 2. The van der Waals surface area contributed by atoms with Gasteiger partial charge in [-0.15, -0.1) is 0 Å². The lowest BCUT2D eigenvalue weighted by Crippen LogP contribution is -2.31. The molecule has 3 N–H and O–H groups in total. The number of aliphatic hydroxyl groups excluding tert-OH is 2. The van der Waals surface area contributed by atoms with Crippen molar-refractivity contribution in [1.29, 1.82) is 0 Å². The molecule has 8 nitrogen and oxygen atoms in total. The summed E-state index contributed by atoms with van der Waals surface area (Å²) in [5.41, 5.74) is 3.26. The third-order valence-electron chi connectivity index (χ3n) is 6.72. The smallest absolute Gasteiger partial charge is 0.305 e. The number of carbonyl (C=O) groups is 2. The molecule has 0 aliphatic carbocycles. The van der Waals surface area contributed by atoms with Crippen molar-refractivity contribution in [3.8, 4) is 5.69 Å². The Morgan fingerprint density at radius 2 is 1.63 bits per heavy atom. The van der Waals surface area contributed by atoms with Gasteiger partial charge in [0.25, 0.3) is 5.91 Å². The van der Waals surface area contributed by atoms with Crippen molar-refractivity contribution in [3.63, 3.8) is 0 Å². The van der Waals surface area contributed by atoms with Crippen LogP contribution in [0.2, 0.25) is 0 Å². The average molecular weight is 526 g/mol. The molecule has 3 rings (SSSR count). The topological polar surface area (TPSA) is 116 Å². The Labute approximate surface area is 222 Å². The first-order valence-corrected chi connectivity index (χ1v) is 12.8. The molecule has 2 aromatic carbocycles. The van der Waals surface area contributed by atoms with Crippen LogP contribution in [0, 0.1) is 5.82 Å². The van der Waals surface area contributed by atoms with E-state index in [0.29, 0.717) is 17.8 Å². The predicted octanol–water partition coefficient (Wildman–Crippen LogP) is 4.49. The van der Waals surface area contributed by atoms with Crippen LogP contribution in [0.15, 0.2) is 54.6 Å². The number of carboxylic acids is 1. The first-order valence-electron chi connectivity index (χ1n) is 12.8. The average Bonchev–Trinajstić information content (AvgIpc) is 3.26. The molecule has 0 aliphatic rings. The molecule has 1 aromatic heterocycles. The molecule has 0 radical (unpaired) electrons. The van der Waals surface area contributed by atoms with E-state index in [-0.39, 0.29) is 36.4 Å². The van der Waals surface area contributed by atoms with E-state index in [1.165, 1.54) is 12.1 Å². The zero-order valence-electron chi connectivity index (χ0n) is 22.2. The van der Waals surface area contributed by atoms with Crippen LogP contribution in [0.3, 0.4) is 0 Å². The van der Waals surface area contributed by atoms with Gasteiger partial charge >= 0.3 is 5.97 Å². The summed E-state index contributed by atoms with van der Waals surface area (Å²) in [6, 6.07) is 15.3. The molecule has 9 heteroatoms. The van der Waals surface area contributed by atoms with Crippen molar-refractivity contribution in [3.05, 3.63) is 82.9 Å². The molecule has 1 heterocycles. The van der Waals surface area contributed by atoms with Crippen LogP contribution in [-0.4, -0.2) is 61.1 Å². The van der Waals surface area contributed by atoms with Crippen molar-refractivity contribution in [2.45, 2.75) is 70.6 Å². The van der Waals surface area contributed by atoms with E-state index in [0.717, 1.165) is 11.1 Å². The van der Waals surface area contributed by atoms with E-state index < -0.39 is 30.4 Å². The molecule has 3 aromatic rings. The summed E-state index contributed by atoms with van der Waals surface area (Å²) in [5, 5.41) is 34.0. The van der Waals surface area contributed by atoms with Gasteiger partial charge in [0, 0.05) is 18.3 Å². The number of hydrogen-bond acceptors (Lipinski definition) is 5. The van der Waals surface area contributed by atoms with E-state index >= 15 is 0 Å². The summed E-state index contributed by atoms with van der Waals surface area (Å²) in [4.78, 5) is 26.3. The Morgan fingerprint density at radius 1 is 1.00 bits per heavy atom. The third kappa shape index (κ3) is 7.05. The van der Waals surface area contributed by atoms with E-state index in [4.69, 9.17) is 10.2 Å². The van der Waals surface area contributed by atoms with Crippen molar-refractivity contribution >= 4 is 11.9 Å². The summed E-state index contributed by atoms with van der Waals surface area (Å²) in [6.07, 6.45) is -2.14. The highest BCUT2D eigenvalue weighted by Gasteiger charge is 2.30. The van der Waals surface area contributed by atoms with Gasteiger partial charge in [0.05, 0.1) is 30.4 Å². The van der Waals surface area contributed by atoms with Gasteiger partial charge in [-0.1, -0.05) is 44.2 Å². The highest BCUT2D eigenvalue weighted by molar-refractivity contribution is 5.94. The van der Waals surface area contributed by atoms with Crippen molar-refractivity contribution in [2.24, 2.45) is 0 Å². The second kappa shape index (κ2) is 12.8. The minimum absolute atomic E-state index is 0.0862. The van der Waals surface area contributed by atoms with Gasteiger partial charge in [0.2, 0.25) is 0 Å². The van der Waals surface area contributed by atoms with E-state index in [9.17, 15) is 24.2 Å². The Balaban J connectivity index is 1.98. The summed E-state index contributed by atoms with van der Waals surface area (Å²) < 4.78 is 15.3. The molecule has 0 aliphatic heterocycles. The first kappa shape index (κ1) is 29.0. The number of rotatable bonds is 12. The molecular formula is C29H36FN3O5. The minimum atomic E-state index is -1.17. The summed E-state index contributed by atoms with van der Waals surface area (Å²) in [6.45, 7) is 5.86. The monoisotopic (exact) mass is 525 g/mol. The van der Waals surface area contributed by atoms with Gasteiger partial charge in [-0.2, -0.15) is 5.10 Å². The Morgan fingerprint density at radius 3 is 2.21 bits per heavy atom. The Bertz CT molecular complexity index is 1230. The molecule has 204 valence electrons. The molecule has 3 atom stereocenters. The van der Waals surface area contributed by atoms with Crippen LogP contribution in [-0.2, 0) is 11.2 Å². The Hall–Kier alpha value is -3.56. The fraction of sp³-hybridized carbons (Fsp3) is 0.414. The van der Waals surface area contributed by atoms with Crippen LogP contribution >= 0.6 is 0 Å². The van der Waals surface area contributed by atoms with Gasteiger partial charge in [-0.25, -0.2) is 9.07 Å². The standard InChI is InChI=1S/C29H36FN3O5/c1-18(2)27-25(15-14-23(34)16-24(35)17-26(36)37)33(22-12-10-21(30)11-13-22)31-28(27)29(38)32(4)19(3)20-8-6-5-7-9-20/h5-13,18-19,23-24,34-35H,14-17H2,1-4H3,(H,36,37)/t19-,23+,24+/m0/s1. The van der Waals surface area contributed by atoms with Crippen molar-refractivity contribution in [1.82, 2.24) is 14.7 Å². The second-order valence-corrected chi connectivity index (χ2v) is 9.93. The number of amides is 1. The molecule has 0 saturated carbocycles. The zero-order valence-corrected chi connectivity index (χ0v) is 22.2. The number of aromatic nitrogens is 2. The van der Waals surface area contributed by atoms with Gasteiger partial charge in [-0.3, -0.25) is 9.59 Å². The largest absolute Gasteiger partial charge is 0.481 e. The minimum Gasteiger partial charge on any atom is -0.481 e. The number of aliphatic carboxylic acids is 1. The quantitative estimate of drug-likeness (QED) is 0.321. The number of benzene rings is 2. The molecule has 0 saturated heterocycles. The number of carbonyl (C=O) groups excluding carboxylic acids is 1. The van der Waals surface area contributed by atoms with Gasteiger partial charge in [0.15, 0.2) is 5.69 Å². The molecule has 38 heavy (non-hydrogen) atoms. The lowest BCUT2D eigenvalue weighted by atomic mass is 9.95. The fourth-order valence-electron chi connectivity index (χ4n) is 4.58. The van der Waals surface area contributed by atoms with Crippen molar-refractivity contribution < 1.29 is 29.3 Å². The van der Waals surface area contributed by atoms with Gasteiger partial charge in [0.1, 0.15) is 5.82 Å². The van der Waals surface area contributed by atoms with E-state index in [1.54, 1.807) is 28.8 Å². The van der Waals surface area contributed by atoms with Crippen LogP contribution in [0.4, 0.5) is 4.39 Å². The predicted molar refractivity (Wildman–Crippen MR) is 142 cm³/mol. The van der Waals surface area contributed by atoms with E-state index in [2.05, 4.69) is 0 Å². The second-order valence-electron chi connectivity index (χ2n) is 9.93. The van der Waals surface area contributed by atoms with Crippen molar-refractivity contribution in [2.75, 3.05) is 7.05 Å². The summed E-state index contributed by atoms with van der Waals surface area (Å²) in [7, 11) is 1.73. The number of halogens is 1. The summed E-state index contributed by atoms with van der Waals surface area (Å²) >= 11 is 0. The normalized spacial score (nSPS) is 13.8. The maximum absolute atomic E-state index is 13.8. The molecule has 1 amide bonds. The van der Waals surface area contributed by atoms with Crippen LogP contribution in [0.1, 0.15) is 79.3 Å². The van der Waals surface area contributed by atoms with Crippen LogP contribution < -0.4 is 0 Å². The van der Waals surface area contributed by atoms with Crippen LogP contribution in [0.25, 0.3) is 5.69 Å². The highest BCUT2D eigenvalue weighted by Crippen LogP contribution is 2.30. The van der Waals surface area contributed by atoms with E-state index in [1.807, 2.05) is 51.1 Å². The van der Waals surface area contributed by atoms with Gasteiger partial charge < -0.3 is 20.2 Å².